The zero-order chi connectivity index (χ0) is 13.3. The average molecular weight is 252 g/mol. The smallest absolute Gasteiger partial charge is 0.274 e. The molecule has 1 heterocycles. The quantitative estimate of drug-likeness (QED) is 0.636. The normalized spacial score (nSPS) is 12.4. The first-order valence-electron chi connectivity index (χ1n) is 4.98. The molecule has 8 nitrogen and oxygen atoms in total. The number of halogens is 1. The van der Waals surface area contributed by atoms with Crippen LogP contribution in [0.25, 0.3) is 5.69 Å². The molecule has 94 valence electrons. The highest BCUT2D eigenvalue weighted by Gasteiger charge is 2.16. The van der Waals surface area contributed by atoms with Gasteiger partial charge < -0.3 is 5.73 Å². The van der Waals surface area contributed by atoms with Crippen LogP contribution in [-0.2, 0) is 0 Å². The van der Waals surface area contributed by atoms with Crippen LogP contribution in [-0.4, -0.2) is 25.1 Å². The van der Waals surface area contributed by atoms with Crippen molar-refractivity contribution in [2.75, 3.05) is 0 Å². The third kappa shape index (κ3) is 2.15. The Bertz CT molecular complexity index is 596. The molecule has 1 unspecified atom stereocenters. The first-order chi connectivity index (χ1) is 8.49. The number of rotatable bonds is 3. The fraction of sp³-hybridized carbons (Fsp3) is 0.222. The van der Waals surface area contributed by atoms with Gasteiger partial charge in [-0.05, 0) is 17.4 Å². The molecule has 0 aliphatic rings. The van der Waals surface area contributed by atoms with Gasteiger partial charge in [-0.15, -0.1) is 5.10 Å². The van der Waals surface area contributed by atoms with Crippen LogP contribution in [0.4, 0.5) is 10.1 Å². The Balaban J connectivity index is 2.57. The third-order valence-corrected chi connectivity index (χ3v) is 2.22. The van der Waals surface area contributed by atoms with Gasteiger partial charge in [0.15, 0.2) is 5.82 Å². The zero-order valence-corrected chi connectivity index (χ0v) is 9.32. The molecule has 18 heavy (non-hydrogen) atoms. The Morgan fingerprint density at radius 3 is 2.83 bits per heavy atom. The second-order valence-corrected chi connectivity index (χ2v) is 3.66. The lowest BCUT2D eigenvalue weighted by Gasteiger charge is -2.06. The van der Waals surface area contributed by atoms with Crippen molar-refractivity contribution in [1.29, 1.82) is 0 Å². The zero-order valence-electron chi connectivity index (χ0n) is 9.32. The number of nitrogens with zero attached hydrogens (tertiary/aromatic N) is 5. The van der Waals surface area contributed by atoms with E-state index >= 15 is 0 Å². The van der Waals surface area contributed by atoms with Gasteiger partial charge in [-0.25, -0.2) is 4.39 Å². The van der Waals surface area contributed by atoms with Crippen molar-refractivity contribution in [2.24, 2.45) is 5.73 Å². The molecule has 0 aliphatic carbocycles. The van der Waals surface area contributed by atoms with E-state index in [1.807, 2.05) is 0 Å². The predicted octanol–water partition coefficient (Wildman–Crippen LogP) is 0.729. The highest BCUT2D eigenvalue weighted by Crippen LogP contribution is 2.20. The van der Waals surface area contributed by atoms with Crippen molar-refractivity contribution in [2.45, 2.75) is 13.0 Å². The highest BCUT2D eigenvalue weighted by atomic mass is 19.1. The summed E-state index contributed by atoms with van der Waals surface area (Å²) in [6.07, 6.45) is 0. The van der Waals surface area contributed by atoms with E-state index in [4.69, 9.17) is 5.73 Å². The first-order valence-corrected chi connectivity index (χ1v) is 4.98. The highest BCUT2D eigenvalue weighted by molar-refractivity contribution is 5.43. The fourth-order valence-corrected chi connectivity index (χ4v) is 1.45. The van der Waals surface area contributed by atoms with E-state index in [-0.39, 0.29) is 17.2 Å². The van der Waals surface area contributed by atoms with Crippen molar-refractivity contribution >= 4 is 5.69 Å². The summed E-state index contributed by atoms with van der Waals surface area (Å²) >= 11 is 0. The minimum atomic E-state index is -0.745. The van der Waals surface area contributed by atoms with Gasteiger partial charge in [-0.2, -0.15) is 4.68 Å². The van der Waals surface area contributed by atoms with Gasteiger partial charge in [0.1, 0.15) is 5.82 Å². The number of aromatic nitrogens is 4. The van der Waals surface area contributed by atoms with Gasteiger partial charge in [0.05, 0.1) is 22.7 Å². The maximum Gasteiger partial charge on any atom is 0.274 e. The van der Waals surface area contributed by atoms with Crippen LogP contribution in [0.15, 0.2) is 18.2 Å². The molecule has 0 amide bonds. The van der Waals surface area contributed by atoms with E-state index < -0.39 is 16.8 Å². The number of hydrogen-bond acceptors (Lipinski definition) is 6. The van der Waals surface area contributed by atoms with Crippen molar-refractivity contribution in [3.05, 3.63) is 40.0 Å². The molecule has 0 radical (unpaired) electrons. The van der Waals surface area contributed by atoms with Crippen LogP contribution in [0.2, 0.25) is 0 Å². The molecule has 0 aliphatic heterocycles. The molecule has 2 aromatic rings. The van der Waals surface area contributed by atoms with E-state index in [1.54, 1.807) is 6.92 Å². The molecule has 0 saturated heterocycles. The van der Waals surface area contributed by atoms with E-state index in [1.165, 1.54) is 10.7 Å². The molecular formula is C9H9FN6O2. The number of nitrogens with two attached hydrogens (primary N) is 1. The molecule has 1 aromatic carbocycles. The van der Waals surface area contributed by atoms with E-state index in [0.29, 0.717) is 0 Å². The summed E-state index contributed by atoms with van der Waals surface area (Å²) in [5.41, 5.74) is 5.41. The number of non-ortho nitro benzene ring substituents is 1. The van der Waals surface area contributed by atoms with Crippen LogP contribution < -0.4 is 5.73 Å². The summed E-state index contributed by atoms with van der Waals surface area (Å²) in [6, 6.07) is 2.60. The fourth-order valence-electron chi connectivity index (χ4n) is 1.45. The van der Waals surface area contributed by atoms with E-state index in [2.05, 4.69) is 15.5 Å². The third-order valence-electron chi connectivity index (χ3n) is 2.22. The molecule has 0 saturated carbocycles. The Labute approximate surface area is 100 Å². The van der Waals surface area contributed by atoms with E-state index in [0.717, 1.165) is 12.1 Å². The Morgan fingerprint density at radius 1 is 1.50 bits per heavy atom. The number of nitro benzene ring substituents is 1. The number of hydrogen-bond donors (Lipinski definition) is 1. The average Bonchev–Trinajstić information content (AvgIpc) is 2.76. The van der Waals surface area contributed by atoms with Gasteiger partial charge in [0.2, 0.25) is 0 Å². The van der Waals surface area contributed by atoms with Gasteiger partial charge >= 0.3 is 0 Å². The number of tetrazole rings is 1. The molecule has 0 fully saturated rings. The second kappa shape index (κ2) is 4.45. The van der Waals surface area contributed by atoms with Gasteiger partial charge in [-0.1, -0.05) is 0 Å². The summed E-state index contributed by atoms with van der Waals surface area (Å²) in [6.45, 7) is 1.65. The topological polar surface area (TPSA) is 113 Å². The SMILES string of the molecule is CC(N)c1nnnn1-c1cc(F)cc([N+](=O)[O-])c1. The molecular weight excluding hydrogens is 243 g/mol. The van der Waals surface area contributed by atoms with Crippen molar-refractivity contribution < 1.29 is 9.31 Å². The molecule has 1 atom stereocenters. The van der Waals surface area contributed by atoms with Crippen molar-refractivity contribution in [3.8, 4) is 5.69 Å². The van der Waals surface area contributed by atoms with Crippen molar-refractivity contribution in [3.63, 3.8) is 0 Å². The molecule has 2 rings (SSSR count). The summed E-state index contributed by atoms with van der Waals surface area (Å²) in [5, 5.41) is 21.4. The van der Waals surface area contributed by atoms with Crippen LogP contribution in [0.3, 0.4) is 0 Å². The molecule has 1 aromatic heterocycles. The lowest BCUT2D eigenvalue weighted by Crippen LogP contribution is -2.13. The maximum absolute atomic E-state index is 13.3. The summed E-state index contributed by atoms with van der Waals surface area (Å²) < 4.78 is 14.5. The summed E-state index contributed by atoms with van der Waals surface area (Å²) in [7, 11) is 0. The number of nitro groups is 1. The van der Waals surface area contributed by atoms with E-state index in [9.17, 15) is 14.5 Å². The monoisotopic (exact) mass is 252 g/mol. The minimum Gasteiger partial charge on any atom is -0.321 e. The Kier molecular flexibility index (Phi) is 2.98. The molecule has 9 heteroatoms. The van der Waals surface area contributed by atoms with Crippen molar-refractivity contribution in [1.82, 2.24) is 20.2 Å². The lowest BCUT2D eigenvalue weighted by atomic mass is 10.2. The van der Waals surface area contributed by atoms with Gasteiger partial charge in [0, 0.05) is 12.1 Å². The number of benzene rings is 1. The standard InChI is InChI=1S/C9H9FN6O2/c1-5(11)9-12-13-14-15(9)7-2-6(10)3-8(4-7)16(17)18/h2-5H,11H2,1H3. The summed E-state index contributed by atoms with van der Waals surface area (Å²) in [4.78, 5) is 9.96. The first kappa shape index (κ1) is 12.0. The van der Waals surface area contributed by atoms with Gasteiger partial charge in [0.25, 0.3) is 5.69 Å². The molecule has 0 spiro atoms. The predicted molar refractivity (Wildman–Crippen MR) is 58.4 cm³/mol. The minimum absolute atomic E-state index is 0.152. The molecule has 0 bridgehead atoms. The summed E-state index contributed by atoms with van der Waals surface area (Å²) in [5.74, 6) is -0.458. The van der Waals surface area contributed by atoms with Crippen LogP contribution in [0, 0.1) is 15.9 Å². The molecule has 2 N–H and O–H groups in total. The largest absolute Gasteiger partial charge is 0.321 e. The maximum atomic E-state index is 13.3. The van der Waals surface area contributed by atoms with Crippen LogP contribution >= 0.6 is 0 Å². The second-order valence-electron chi connectivity index (χ2n) is 3.66. The Morgan fingerprint density at radius 2 is 2.22 bits per heavy atom. The Hall–Kier alpha value is -2.42. The van der Waals surface area contributed by atoms with Gasteiger partial charge in [-0.3, -0.25) is 10.1 Å². The van der Waals surface area contributed by atoms with Crippen LogP contribution in [0.1, 0.15) is 18.8 Å². The van der Waals surface area contributed by atoms with Crippen LogP contribution in [0.5, 0.6) is 0 Å². The lowest BCUT2D eigenvalue weighted by molar-refractivity contribution is -0.385.